The largest absolute Gasteiger partial charge is 0.307 e. The minimum atomic E-state index is 0.115. The van der Waals surface area contributed by atoms with Crippen LogP contribution in [-0.4, -0.2) is 35.3 Å². The molecule has 1 saturated heterocycles. The molecule has 0 atom stereocenters. The number of rotatable bonds is 2. The number of nitrogens with zero attached hydrogens (tertiary/aromatic N) is 3. The van der Waals surface area contributed by atoms with Gasteiger partial charge in [-0.2, -0.15) is 5.10 Å². The van der Waals surface area contributed by atoms with Crippen molar-refractivity contribution in [3.8, 4) is 0 Å². The van der Waals surface area contributed by atoms with Gasteiger partial charge in [0.2, 0.25) is 5.91 Å². The number of anilines is 1. The second kappa shape index (κ2) is 4.02. The summed E-state index contributed by atoms with van der Waals surface area (Å²) in [5, 5.41) is 7.27. The lowest BCUT2D eigenvalue weighted by Crippen LogP contribution is -2.48. The van der Waals surface area contributed by atoms with E-state index >= 15 is 0 Å². The van der Waals surface area contributed by atoms with Gasteiger partial charge >= 0.3 is 0 Å². The topological polar surface area (TPSA) is 50.2 Å². The van der Waals surface area contributed by atoms with E-state index in [0.717, 1.165) is 18.8 Å². The minimum Gasteiger partial charge on any atom is -0.307 e. The summed E-state index contributed by atoms with van der Waals surface area (Å²) in [6.45, 7) is 6.13. The van der Waals surface area contributed by atoms with Gasteiger partial charge in [0.25, 0.3) is 0 Å². The number of hydrogen-bond acceptors (Lipinski definition) is 3. The summed E-state index contributed by atoms with van der Waals surface area (Å²) in [4.78, 5) is 13.4. The molecule has 0 unspecified atom stereocenters. The number of aromatic nitrogens is 2. The summed E-state index contributed by atoms with van der Waals surface area (Å²) in [6, 6.07) is 0.330. The molecule has 2 rings (SSSR count). The third kappa shape index (κ3) is 2.02. The molecule has 2 heterocycles. The molecular weight excluding hydrogens is 192 g/mol. The lowest BCUT2D eigenvalue weighted by Gasteiger charge is -2.25. The monoisotopic (exact) mass is 208 g/mol. The van der Waals surface area contributed by atoms with Crippen molar-refractivity contribution in [3.63, 3.8) is 0 Å². The van der Waals surface area contributed by atoms with Gasteiger partial charge in [0.1, 0.15) is 0 Å². The first-order chi connectivity index (χ1) is 7.18. The van der Waals surface area contributed by atoms with Crippen LogP contribution < -0.4 is 10.2 Å². The average molecular weight is 208 g/mol. The van der Waals surface area contributed by atoms with E-state index in [9.17, 15) is 4.79 Å². The molecule has 0 saturated carbocycles. The molecule has 0 aliphatic carbocycles. The molecule has 15 heavy (non-hydrogen) atoms. The first-order valence-corrected chi connectivity index (χ1v) is 5.23. The van der Waals surface area contributed by atoms with Gasteiger partial charge in [0.05, 0.1) is 18.4 Å². The van der Waals surface area contributed by atoms with Crippen LogP contribution in [0.25, 0.3) is 0 Å². The van der Waals surface area contributed by atoms with Crippen molar-refractivity contribution in [2.24, 2.45) is 0 Å². The van der Waals surface area contributed by atoms with E-state index in [-0.39, 0.29) is 5.91 Å². The molecule has 0 radical (unpaired) electrons. The number of amides is 1. The van der Waals surface area contributed by atoms with Crippen molar-refractivity contribution in [2.75, 3.05) is 24.5 Å². The van der Waals surface area contributed by atoms with Crippen LogP contribution in [0.2, 0.25) is 0 Å². The Bertz CT molecular complexity index is 358. The van der Waals surface area contributed by atoms with Crippen molar-refractivity contribution in [2.45, 2.75) is 19.9 Å². The van der Waals surface area contributed by atoms with Crippen molar-refractivity contribution in [3.05, 3.63) is 12.4 Å². The summed E-state index contributed by atoms with van der Waals surface area (Å²) >= 11 is 0. The number of carbonyl (C=O) groups is 1. The van der Waals surface area contributed by atoms with E-state index in [0.29, 0.717) is 12.6 Å². The van der Waals surface area contributed by atoms with Crippen molar-refractivity contribution in [1.29, 1.82) is 0 Å². The van der Waals surface area contributed by atoms with Crippen molar-refractivity contribution >= 4 is 11.6 Å². The summed E-state index contributed by atoms with van der Waals surface area (Å²) in [5.41, 5.74) is 0.898. The van der Waals surface area contributed by atoms with Crippen LogP contribution in [0, 0.1) is 0 Å². The smallest absolute Gasteiger partial charge is 0.241 e. The van der Waals surface area contributed by atoms with Gasteiger partial charge in [-0.25, -0.2) is 0 Å². The Hall–Kier alpha value is -1.36. The third-order valence-electron chi connectivity index (χ3n) is 2.52. The first kappa shape index (κ1) is 10.2. The number of nitrogens with one attached hydrogen (secondary N) is 1. The Kier molecular flexibility index (Phi) is 2.73. The predicted octanol–water partition coefficient (Wildman–Crippen LogP) is 0.400. The molecule has 1 aromatic heterocycles. The molecule has 0 bridgehead atoms. The molecule has 0 aromatic carbocycles. The molecular formula is C10H16N4O. The zero-order valence-corrected chi connectivity index (χ0v) is 9.10. The highest BCUT2D eigenvalue weighted by Crippen LogP contribution is 2.16. The molecule has 1 fully saturated rings. The van der Waals surface area contributed by atoms with Crippen molar-refractivity contribution < 1.29 is 4.79 Å². The molecule has 5 nitrogen and oxygen atoms in total. The standard InChI is InChI=1S/C10H16N4O/c1-8(2)14-7-9(5-12-14)13-4-3-11-6-10(13)15/h5,7-8,11H,3-4,6H2,1-2H3. The third-order valence-corrected chi connectivity index (χ3v) is 2.52. The van der Waals surface area contributed by atoms with E-state index in [1.165, 1.54) is 0 Å². The zero-order valence-electron chi connectivity index (χ0n) is 9.10. The van der Waals surface area contributed by atoms with Crippen LogP contribution >= 0.6 is 0 Å². The lowest BCUT2D eigenvalue weighted by molar-refractivity contribution is -0.118. The van der Waals surface area contributed by atoms with Crippen LogP contribution in [-0.2, 0) is 4.79 Å². The van der Waals surface area contributed by atoms with Gasteiger partial charge < -0.3 is 10.2 Å². The summed E-state index contributed by atoms with van der Waals surface area (Å²) in [6.07, 6.45) is 3.68. The fourth-order valence-electron chi connectivity index (χ4n) is 1.63. The molecule has 0 spiro atoms. The van der Waals surface area contributed by atoms with Gasteiger partial charge in [-0.05, 0) is 13.8 Å². The van der Waals surface area contributed by atoms with E-state index in [4.69, 9.17) is 0 Å². The number of piperazine rings is 1. The summed E-state index contributed by atoms with van der Waals surface area (Å²) < 4.78 is 1.87. The maximum atomic E-state index is 11.6. The van der Waals surface area contributed by atoms with E-state index in [2.05, 4.69) is 24.3 Å². The second-order valence-electron chi connectivity index (χ2n) is 3.99. The normalized spacial score (nSPS) is 17.5. The number of hydrogen-bond donors (Lipinski definition) is 1. The molecule has 82 valence electrons. The highest BCUT2D eigenvalue weighted by atomic mass is 16.2. The van der Waals surface area contributed by atoms with Gasteiger partial charge in [-0.3, -0.25) is 9.48 Å². The maximum absolute atomic E-state index is 11.6. The Morgan fingerprint density at radius 2 is 2.33 bits per heavy atom. The average Bonchev–Trinajstić information content (AvgIpc) is 2.67. The highest BCUT2D eigenvalue weighted by molar-refractivity contribution is 5.95. The SMILES string of the molecule is CC(C)n1cc(N2CCNCC2=O)cn1. The fraction of sp³-hybridized carbons (Fsp3) is 0.600. The van der Waals surface area contributed by atoms with Crippen molar-refractivity contribution in [1.82, 2.24) is 15.1 Å². The molecule has 1 aliphatic rings. The molecule has 1 amide bonds. The Balaban J connectivity index is 2.17. The fourth-order valence-corrected chi connectivity index (χ4v) is 1.63. The Morgan fingerprint density at radius 3 is 2.93 bits per heavy atom. The van der Waals surface area contributed by atoms with Crippen LogP contribution in [0.5, 0.6) is 0 Å². The Morgan fingerprint density at radius 1 is 1.53 bits per heavy atom. The van der Waals surface area contributed by atoms with Gasteiger partial charge in [-0.1, -0.05) is 0 Å². The quantitative estimate of drug-likeness (QED) is 0.765. The highest BCUT2D eigenvalue weighted by Gasteiger charge is 2.20. The lowest BCUT2D eigenvalue weighted by atomic mass is 10.3. The number of carbonyl (C=O) groups excluding carboxylic acids is 1. The molecule has 1 aromatic rings. The van der Waals surface area contributed by atoms with E-state index < -0.39 is 0 Å². The molecule has 5 heteroatoms. The van der Waals surface area contributed by atoms with Crippen LogP contribution in [0.1, 0.15) is 19.9 Å². The van der Waals surface area contributed by atoms with Gasteiger partial charge in [0.15, 0.2) is 0 Å². The summed E-state index contributed by atoms with van der Waals surface area (Å²) in [7, 11) is 0. The zero-order chi connectivity index (χ0) is 10.8. The van der Waals surface area contributed by atoms with Gasteiger partial charge in [0, 0.05) is 25.3 Å². The minimum absolute atomic E-state index is 0.115. The van der Waals surface area contributed by atoms with E-state index in [1.54, 1.807) is 11.1 Å². The van der Waals surface area contributed by atoms with E-state index in [1.807, 2.05) is 10.9 Å². The van der Waals surface area contributed by atoms with Crippen LogP contribution in [0.15, 0.2) is 12.4 Å². The van der Waals surface area contributed by atoms with Gasteiger partial charge in [-0.15, -0.1) is 0 Å². The summed E-state index contributed by atoms with van der Waals surface area (Å²) in [5.74, 6) is 0.115. The Labute approximate surface area is 89.1 Å². The molecule has 1 aliphatic heterocycles. The predicted molar refractivity (Wildman–Crippen MR) is 57.8 cm³/mol. The second-order valence-corrected chi connectivity index (χ2v) is 3.99. The molecule has 1 N–H and O–H groups in total. The van der Waals surface area contributed by atoms with Crippen LogP contribution in [0.4, 0.5) is 5.69 Å². The maximum Gasteiger partial charge on any atom is 0.241 e. The van der Waals surface area contributed by atoms with Crippen LogP contribution in [0.3, 0.4) is 0 Å². The first-order valence-electron chi connectivity index (χ1n) is 5.23.